The first kappa shape index (κ1) is 11.4. The van der Waals surface area contributed by atoms with Crippen LogP contribution >= 0.6 is 0 Å². The molecule has 0 unspecified atom stereocenters. The maximum Gasteiger partial charge on any atom is 0.118 e. The molecular weight excluding hydrogens is 206 g/mol. The van der Waals surface area contributed by atoms with Gasteiger partial charge < -0.3 is 20.3 Å². The summed E-state index contributed by atoms with van der Waals surface area (Å²) in [5, 5.41) is 22.7. The average molecular weight is 223 g/mol. The number of methoxy groups -OCH3 is 1. The highest BCUT2D eigenvalue weighted by Crippen LogP contribution is 2.28. The summed E-state index contributed by atoms with van der Waals surface area (Å²) >= 11 is 0. The van der Waals surface area contributed by atoms with Crippen molar-refractivity contribution < 1.29 is 14.9 Å². The highest BCUT2D eigenvalue weighted by atomic mass is 16.5. The molecule has 1 aliphatic rings. The van der Waals surface area contributed by atoms with Gasteiger partial charge in [0.05, 0.1) is 19.3 Å². The normalized spacial score (nSPS) is 34.0. The second-order valence-electron chi connectivity index (χ2n) is 4.19. The summed E-state index contributed by atoms with van der Waals surface area (Å²) in [4.78, 5) is 0. The van der Waals surface area contributed by atoms with Crippen LogP contribution in [0.1, 0.15) is 18.5 Å². The lowest BCUT2D eigenvalue weighted by atomic mass is 10.0. The molecule has 4 nitrogen and oxygen atoms in total. The van der Waals surface area contributed by atoms with E-state index in [0.717, 1.165) is 11.3 Å². The van der Waals surface area contributed by atoms with E-state index in [0.29, 0.717) is 0 Å². The number of rotatable bonds is 2. The van der Waals surface area contributed by atoms with Gasteiger partial charge >= 0.3 is 0 Å². The van der Waals surface area contributed by atoms with E-state index in [9.17, 15) is 10.2 Å². The number of nitrogens with one attached hydrogen (secondary N) is 1. The number of ether oxygens (including phenoxy) is 1. The summed E-state index contributed by atoms with van der Waals surface area (Å²) in [6, 6.07) is 7.17. The predicted molar refractivity (Wildman–Crippen MR) is 60.3 cm³/mol. The maximum atomic E-state index is 9.86. The molecule has 2 rings (SSSR count). The second kappa shape index (κ2) is 4.41. The Bertz CT molecular complexity index is 352. The van der Waals surface area contributed by atoms with Crippen LogP contribution in [0.5, 0.6) is 5.75 Å². The molecule has 0 aliphatic carbocycles. The number of aliphatic hydroxyl groups excluding tert-OH is 2. The van der Waals surface area contributed by atoms with Gasteiger partial charge in [-0.2, -0.15) is 0 Å². The fourth-order valence-electron chi connectivity index (χ4n) is 2.08. The average Bonchev–Trinajstić information content (AvgIpc) is 2.57. The smallest absolute Gasteiger partial charge is 0.118 e. The standard InChI is InChI=1S/C12H17NO3/c1-7-11(14)12(15)10(13-7)8-3-5-9(16-2)6-4-8/h3-7,10-15H,1-2H3/t7-,10-,11+,12-/m0/s1. The molecule has 1 aromatic rings. The van der Waals surface area contributed by atoms with Gasteiger partial charge in [0.25, 0.3) is 0 Å². The van der Waals surface area contributed by atoms with Crippen molar-refractivity contribution in [2.75, 3.05) is 7.11 Å². The Hall–Kier alpha value is -1.10. The van der Waals surface area contributed by atoms with Crippen LogP contribution in [-0.2, 0) is 0 Å². The van der Waals surface area contributed by atoms with E-state index in [4.69, 9.17) is 4.74 Å². The fraction of sp³-hybridized carbons (Fsp3) is 0.500. The van der Waals surface area contributed by atoms with Crippen molar-refractivity contribution in [1.82, 2.24) is 5.32 Å². The van der Waals surface area contributed by atoms with E-state index >= 15 is 0 Å². The van der Waals surface area contributed by atoms with Crippen molar-refractivity contribution in [3.63, 3.8) is 0 Å². The van der Waals surface area contributed by atoms with E-state index in [1.807, 2.05) is 31.2 Å². The van der Waals surface area contributed by atoms with E-state index in [1.54, 1.807) is 7.11 Å². The number of aliphatic hydroxyl groups is 2. The zero-order valence-corrected chi connectivity index (χ0v) is 9.42. The molecule has 1 fully saturated rings. The number of hydrogen-bond donors (Lipinski definition) is 3. The van der Waals surface area contributed by atoms with Crippen molar-refractivity contribution in [2.45, 2.75) is 31.2 Å². The Morgan fingerprint density at radius 1 is 1.12 bits per heavy atom. The summed E-state index contributed by atoms with van der Waals surface area (Å²) in [5.41, 5.74) is 0.955. The molecule has 0 bridgehead atoms. The molecule has 0 spiro atoms. The first-order valence-electron chi connectivity index (χ1n) is 5.39. The summed E-state index contributed by atoms with van der Waals surface area (Å²) in [7, 11) is 1.61. The molecule has 0 aromatic heterocycles. The van der Waals surface area contributed by atoms with E-state index in [1.165, 1.54) is 0 Å². The van der Waals surface area contributed by atoms with Gasteiger partial charge in [0.15, 0.2) is 0 Å². The molecular formula is C12H17NO3. The number of benzene rings is 1. The van der Waals surface area contributed by atoms with Crippen LogP contribution < -0.4 is 10.1 Å². The summed E-state index contributed by atoms with van der Waals surface area (Å²) in [6.45, 7) is 1.86. The molecule has 1 aromatic carbocycles. The second-order valence-corrected chi connectivity index (χ2v) is 4.19. The Kier molecular flexibility index (Phi) is 3.14. The van der Waals surface area contributed by atoms with Crippen LogP contribution in [0.2, 0.25) is 0 Å². The molecule has 0 amide bonds. The van der Waals surface area contributed by atoms with Crippen LogP contribution in [-0.4, -0.2) is 35.6 Å². The van der Waals surface area contributed by atoms with E-state index < -0.39 is 12.2 Å². The molecule has 0 radical (unpaired) electrons. The molecule has 88 valence electrons. The summed E-state index contributed by atoms with van der Waals surface area (Å²) in [5.74, 6) is 0.782. The molecule has 3 N–H and O–H groups in total. The molecule has 1 saturated heterocycles. The zero-order valence-electron chi connectivity index (χ0n) is 9.42. The lowest BCUT2D eigenvalue weighted by Gasteiger charge is -2.16. The van der Waals surface area contributed by atoms with Gasteiger partial charge in [0.2, 0.25) is 0 Å². The largest absolute Gasteiger partial charge is 0.497 e. The Morgan fingerprint density at radius 2 is 1.75 bits per heavy atom. The Morgan fingerprint density at radius 3 is 2.19 bits per heavy atom. The molecule has 4 heteroatoms. The lowest BCUT2D eigenvalue weighted by Crippen LogP contribution is -2.29. The van der Waals surface area contributed by atoms with Crippen molar-refractivity contribution in [3.8, 4) is 5.75 Å². The van der Waals surface area contributed by atoms with Gasteiger partial charge in [0.1, 0.15) is 11.9 Å². The third kappa shape index (κ3) is 1.91. The van der Waals surface area contributed by atoms with E-state index in [-0.39, 0.29) is 12.1 Å². The number of hydrogen-bond acceptors (Lipinski definition) is 4. The van der Waals surface area contributed by atoms with Crippen LogP contribution in [0.3, 0.4) is 0 Å². The minimum Gasteiger partial charge on any atom is -0.497 e. The fourth-order valence-corrected chi connectivity index (χ4v) is 2.08. The van der Waals surface area contributed by atoms with Gasteiger partial charge in [-0.3, -0.25) is 0 Å². The van der Waals surface area contributed by atoms with Gasteiger partial charge in [-0.1, -0.05) is 12.1 Å². The van der Waals surface area contributed by atoms with Crippen molar-refractivity contribution in [1.29, 1.82) is 0 Å². The minimum atomic E-state index is -0.761. The van der Waals surface area contributed by atoms with Crippen molar-refractivity contribution >= 4 is 0 Å². The van der Waals surface area contributed by atoms with Gasteiger partial charge in [-0.25, -0.2) is 0 Å². The minimum absolute atomic E-state index is 0.0953. The van der Waals surface area contributed by atoms with Crippen molar-refractivity contribution in [2.24, 2.45) is 0 Å². The van der Waals surface area contributed by atoms with Gasteiger partial charge in [-0.05, 0) is 24.6 Å². The molecule has 1 aliphatic heterocycles. The summed E-state index contributed by atoms with van der Waals surface area (Å²) < 4.78 is 5.07. The predicted octanol–water partition coefficient (Wildman–Crippen LogP) is 0.450. The molecule has 4 atom stereocenters. The monoisotopic (exact) mass is 223 g/mol. The third-order valence-corrected chi connectivity index (χ3v) is 3.12. The lowest BCUT2D eigenvalue weighted by molar-refractivity contribution is 0.0301. The summed E-state index contributed by atoms with van der Waals surface area (Å²) in [6.07, 6.45) is -1.48. The van der Waals surface area contributed by atoms with Crippen LogP contribution in [0, 0.1) is 0 Å². The Labute approximate surface area is 94.9 Å². The van der Waals surface area contributed by atoms with Crippen molar-refractivity contribution in [3.05, 3.63) is 29.8 Å². The quantitative estimate of drug-likeness (QED) is 0.681. The molecule has 1 heterocycles. The first-order chi connectivity index (χ1) is 7.63. The highest BCUT2D eigenvalue weighted by Gasteiger charge is 2.39. The zero-order chi connectivity index (χ0) is 11.7. The topological polar surface area (TPSA) is 61.7 Å². The molecule has 16 heavy (non-hydrogen) atoms. The Balaban J connectivity index is 2.18. The first-order valence-corrected chi connectivity index (χ1v) is 5.39. The molecule has 0 saturated carbocycles. The SMILES string of the molecule is COc1ccc([C@@H]2N[C@@H](C)[C@@H](O)[C@H]2O)cc1. The third-order valence-electron chi connectivity index (χ3n) is 3.12. The van der Waals surface area contributed by atoms with Crippen LogP contribution in [0.25, 0.3) is 0 Å². The van der Waals surface area contributed by atoms with Gasteiger partial charge in [-0.15, -0.1) is 0 Å². The van der Waals surface area contributed by atoms with Crippen LogP contribution in [0.4, 0.5) is 0 Å². The highest BCUT2D eigenvalue weighted by molar-refractivity contribution is 5.30. The van der Waals surface area contributed by atoms with Gasteiger partial charge in [0, 0.05) is 6.04 Å². The maximum absolute atomic E-state index is 9.86. The van der Waals surface area contributed by atoms with Crippen LogP contribution in [0.15, 0.2) is 24.3 Å². The van der Waals surface area contributed by atoms with E-state index in [2.05, 4.69) is 5.32 Å².